The smallest absolute Gasteiger partial charge is 0.226 e. The average Bonchev–Trinajstić information content (AvgIpc) is 3.21. The van der Waals surface area contributed by atoms with E-state index in [0.717, 1.165) is 11.3 Å². The van der Waals surface area contributed by atoms with Gasteiger partial charge in [0.15, 0.2) is 0 Å². The van der Waals surface area contributed by atoms with Crippen molar-refractivity contribution in [2.24, 2.45) is 5.92 Å². The van der Waals surface area contributed by atoms with Gasteiger partial charge in [-0.25, -0.2) is 5.43 Å². The number of carbonyl (C=O) groups is 1. The van der Waals surface area contributed by atoms with Crippen LogP contribution in [0.2, 0.25) is 0 Å². The maximum atomic E-state index is 12.5. The molecule has 7 nitrogen and oxygen atoms in total. The molecule has 1 aliphatic heterocycles. The molecule has 0 radical (unpaired) electrons. The molecule has 0 aromatic heterocycles. The minimum absolute atomic E-state index is 0.0931. The number of carbonyl (C=O) groups excluding carboxylic acids is 1. The molecule has 3 rings (SSSR count). The van der Waals surface area contributed by atoms with Crippen molar-refractivity contribution in [1.29, 1.82) is 0 Å². The first-order valence-corrected chi connectivity index (χ1v) is 8.93. The summed E-state index contributed by atoms with van der Waals surface area (Å²) in [5, 5.41) is 12.9. The molecule has 7 heteroatoms. The van der Waals surface area contributed by atoms with Crippen LogP contribution in [-0.4, -0.2) is 43.9 Å². The lowest BCUT2D eigenvalue weighted by molar-refractivity contribution is -0.125. The highest BCUT2D eigenvalue weighted by Gasteiger charge is 2.33. The summed E-state index contributed by atoms with van der Waals surface area (Å²) in [5.41, 5.74) is 7.22. The Kier molecular flexibility index (Phi) is 6.64. The lowest BCUT2D eigenvalue weighted by Gasteiger charge is -2.19. The van der Waals surface area contributed by atoms with Crippen molar-refractivity contribution in [3.63, 3.8) is 0 Å². The van der Waals surface area contributed by atoms with Gasteiger partial charge in [0, 0.05) is 13.1 Å². The quantitative estimate of drug-likeness (QED) is 0.554. The second-order valence-electron chi connectivity index (χ2n) is 6.41. The van der Waals surface area contributed by atoms with Gasteiger partial charge in [-0.1, -0.05) is 30.3 Å². The van der Waals surface area contributed by atoms with Crippen LogP contribution in [-0.2, 0) is 4.79 Å². The summed E-state index contributed by atoms with van der Waals surface area (Å²) in [4.78, 5) is 12.5. The molecule has 27 heavy (non-hydrogen) atoms. The lowest BCUT2D eigenvalue weighted by atomic mass is 9.94. The van der Waals surface area contributed by atoms with Crippen molar-refractivity contribution in [2.75, 3.05) is 26.8 Å². The van der Waals surface area contributed by atoms with Crippen molar-refractivity contribution >= 4 is 5.91 Å². The molecule has 1 aliphatic rings. The highest BCUT2D eigenvalue weighted by atomic mass is 16.5. The maximum absolute atomic E-state index is 12.5. The van der Waals surface area contributed by atoms with E-state index in [4.69, 9.17) is 9.47 Å². The monoisotopic (exact) mass is 371 g/mol. The summed E-state index contributed by atoms with van der Waals surface area (Å²) in [5.74, 6) is 1.02. The third-order valence-corrected chi connectivity index (χ3v) is 4.49. The van der Waals surface area contributed by atoms with Gasteiger partial charge in [0.2, 0.25) is 5.91 Å². The molecule has 1 heterocycles. The van der Waals surface area contributed by atoms with E-state index in [1.807, 2.05) is 30.3 Å². The van der Waals surface area contributed by atoms with Crippen LogP contribution in [0.15, 0.2) is 54.6 Å². The largest absolute Gasteiger partial charge is 0.497 e. The Labute approximate surface area is 158 Å². The molecular formula is C20H25N3O4. The van der Waals surface area contributed by atoms with E-state index in [9.17, 15) is 9.90 Å². The maximum Gasteiger partial charge on any atom is 0.226 e. The first-order chi connectivity index (χ1) is 13.2. The van der Waals surface area contributed by atoms with Crippen LogP contribution in [0.5, 0.6) is 11.5 Å². The summed E-state index contributed by atoms with van der Waals surface area (Å²) in [6.45, 7) is 0.757. The van der Waals surface area contributed by atoms with Crippen molar-refractivity contribution in [3.8, 4) is 11.5 Å². The highest BCUT2D eigenvalue weighted by Crippen LogP contribution is 2.24. The molecule has 0 saturated carbocycles. The van der Waals surface area contributed by atoms with Crippen molar-refractivity contribution in [2.45, 2.75) is 12.1 Å². The Morgan fingerprint density at radius 3 is 2.59 bits per heavy atom. The zero-order valence-corrected chi connectivity index (χ0v) is 15.2. The number of hydrogen-bond acceptors (Lipinski definition) is 6. The van der Waals surface area contributed by atoms with E-state index in [2.05, 4.69) is 16.2 Å². The van der Waals surface area contributed by atoms with Gasteiger partial charge in [-0.05, 0) is 29.8 Å². The Bertz CT molecular complexity index is 724. The molecule has 2 aromatic carbocycles. The molecule has 3 unspecified atom stereocenters. The minimum atomic E-state index is -0.798. The van der Waals surface area contributed by atoms with Gasteiger partial charge in [-0.3, -0.25) is 10.2 Å². The number of hydrazine groups is 1. The van der Waals surface area contributed by atoms with Gasteiger partial charge < -0.3 is 19.9 Å². The van der Waals surface area contributed by atoms with Crippen molar-refractivity contribution in [3.05, 3.63) is 60.2 Å². The predicted octanol–water partition coefficient (Wildman–Crippen LogP) is 1.02. The number of nitrogens with one attached hydrogen (secondary N) is 3. The molecule has 3 atom stereocenters. The molecule has 1 amide bonds. The molecule has 0 spiro atoms. The number of hydrogen-bond donors (Lipinski definition) is 4. The predicted molar refractivity (Wildman–Crippen MR) is 101 cm³/mol. The third kappa shape index (κ3) is 5.19. The standard InChI is InChI=1S/C20H25N3O4/c1-26-16-7-9-17(10-8-16)27-13-15(24)11-21-20(25)18-12-22-23-19(18)14-5-3-2-4-6-14/h2-10,15,18-19,22-24H,11-13H2,1H3,(H,21,25). The molecule has 1 fully saturated rings. The van der Waals surface area contributed by atoms with Crippen LogP contribution >= 0.6 is 0 Å². The van der Waals surface area contributed by atoms with Gasteiger partial charge >= 0.3 is 0 Å². The normalized spacial score (nSPS) is 20.1. The van der Waals surface area contributed by atoms with Crippen LogP contribution in [0.1, 0.15) is 11.6 Å². The number of amides is 1. The Balaban J connectivity index is 1.45. The molecule has 4 N–H and O–H groups in total. The zero-order chi connectivity index (χ0) is 19.1. The van der Waals surface area contributed by atoms with Crippen LogP contribution < -0.4 is 25.6 Å². The topological polar surface area (TPSA) is 91.8 Å². The average molecular weight is 371 g/mol. The van der Waals surface area contributed by atoms with Crippen LogP contribution in [0.3, 0.4) is 0 Å². The SMILES string of the molecule is COc1ccc(OCC(O)CNC(=O)C2CNNC2c2ccccc2)cc1. The summed E-state index contributed by atoms with van der Waals surface area (Å²) < 4.78 is 10.6. The molecule has 144 valence electrons. The van der Waals surface area contributed by atoms with E-state index in [1.54, 1.807) is 31.4 Å². The number of ether oxygens (including phenoxy) is 2. The molecule has 1 saturated heterocycles. The summed E-state index contributed by atoms with van der Waals surface area (Å²) in [7, 11) is 1.60. The Morgan fingerprint density at radius 1 is 1.19 bits per heavy atom. The Hall–Kier alpha value is -2.61. The molecule has 0 bridgehead atoms. The van der Waals surface area contributed by atoms with E-state index >= 15 is 0 Å². The fraction of sp³-hybridized carbons (Fsp3) is 0.350. The van der Waals surface area contributed by atoms with Crippen molar-refractivity contribution < 1.29 is 19.4 Å². The van der Waals surface area contributed by atoms with Gasteiger partial charge in [-0.15, -0.1) is 0 Å². The van der Waals surface area contributed by atoms with Gasteiger partial charge in [0.1, 0.15) is 24.2 Å². The first-order valence-electron chi connectivity index (χ1n) is 8.93. The van der Waals surface area contributed by atoms with Crippen LogP contribution in [0.4, 0.5) is 0 Å². The van der Waals surface area contributed by atoms with Gasteiger partial charge in [-0.2, -0.15) is 0 Å². The highest BCUT2D eigenvalue weighted by molar-refractivity contribution is 5.80. The van der Waals surface area contributed by atoms with E-state index in [0.29, 0.717) is 12.3 Å². The lowest BCUT2D eigenvalue weighted by Crippen LogP contribution is -2.40. The van der Waals surface area contributed by atoms with E-state index < -0.39 is 6.10 Å². The summed E-state index contributed by atoms with van der Waals surface area (Å²) in [6.07, 6.45) is -0.798. The third-order valence-electron chi connectivity index (χ3n) is 4.49. The second-order valence-corrected chi connectivity index (χ2v) is 6.41. The summed E-state index contributed by atoms with van der Waals surface area (Å²) in [6, 6.07) is 16.8. The van der Waals surface area contributed by atoms with E-state index in [1.165, 1.54) is 0 Å². The van der Waals surface area contributed by atoms with Crippen LogP contribution in [0.25, 0.3) is 0 Å². The second kappa shape index (κ2) is 9.36. The van der Waals surface area contributed by atoms with Crippen molar-refractivity contribution in [1.82, 2.24) is 16.2 Å². The number of aliphatic hydroxyl groups is 1. The fourth-order valence-corrected chi connectivity index (χ4v) is 2.99. The first kappa shape index (κ1) is 19.2. The zero-order valence-electron chi connectivity index (χ0n) is 15.2. The van der Waals surface area contributed by atoms with Gasteiger partial charge in [0.25, 0.3) is 0 Å². The van der Waals surface area contributed by atoms with E-state index in [-0.39, 0.29) is 31.0 Å². The molecular weight excluding hydrogens is 346 g/mol. The number of aliphatic hydroxyl groups excluding tert-OH is 1. The minimum Gasteiger partial charge on any atom is -0.497 e. The summed E-state index contributed by atoms with van der Waals surface area (Å²) >= 11 is 0. The number of methoxy groups -OCH3 is 1. The fourth-order valence-electron chi connectivity index (χ4n) is 2.99. The van der Waals surface area contributed by atoms with Gasteiger partial charge in [0.05, 0.1) is 19.1 Å². The van der Waals surface area contributed by atoms with Crippen LogP contribution in [0, 0.1) is 5.92 Å². The number of benzene rings is 2. The Morgan fingerprint density at radius 2 is 1.89 bits per heavy atom. The number of rotatable bonds is 8. The molecule has 0 aliphatic carbocycles. The molecule has 2 aromatic rings.